The Morgan fingerprint density at radius 1 is 1.38 bits per heavy atom. The number of esters is 1. The third-order valence-corrected chi connectivity index (χ3v) is 2.65. The molecule has 0 aliphatic carbocycles. The van der Waals surface area contributed by atoms with Gasteiger partial charge < -0.3 is 4.74 Å². The van der Waals surface area contributed by atoms with Gasteiger partial charge in [-0.25, -0.2) is 0 Å². The zero-order chi connectivity index (χ0) is 9.68. The first kappa shape index (κ1) is 10.5. The number of ether oxygens (including phenoxy) is 1. The van der Waals surface area contributed by atoms with Crippen molar-refractivity contribution in [3.8, 4) is 0 Å². The van der Waals surface area contributed by atoms with Crippen molar-refractivity contribution >= 4 is 28.6 Å². The molecular weight excluding hydrogens is 279 g/mol. The lowest BCUT2D eigenvalue weighted by molar-refractivity contribution is -0.139. The van der Waals surface area contributed by atoms with Gasteiger partial charge in [-0.3, -0.25) is 4.79 Å². The number of halogens is 1. The van der Waals surface area contributed by atoms with Crippen LogP contribution in [0.2, 0.25) is 0 Å². The van der Waals surface area contributed by atoms with Crippen LogP contribution in [0, 0.1) is 0 Å². The van der Waals surface area contributed by atoms with Crippen molar-refractivity contribution in [2.45, 2.75) is 10.8 Å². The number of methoxy groups -OCH3 is 1. The largest absolute Gasteiger partial charge is 0.469 e. The van der Waals surface area contributed by atoms with Crippen LogP contribution in [0.15, 0.2) is 24.3 Å². The number of hydrogen-bond donors (Lipinski definition) is 0. The molecule has 0 saturated carbocycles. The Morgan fingerprint density at radius 3 is 2.54 bits per heavy atom. The van der Waals surface area contributed by atoms with E-state index in [1.807, 2.05) is 24.3 Å². The number of carbonyl (C=O) groups excluding carboxylic acids is 1. The second-order valence-corrected chi connectivity index (χ2v) is 3.42. The van der Waals surface area contributed by atoms with Gasteiger partial charge in [-0.05, 0) is 11.1 Å². The van der Waals surface area contributed by atoms with Crippen LogP contribution in [0.3, 0.4) is 0 Å². The van der Waals surface area contributed by atoms with E-state index in [1.54, 1.807) is 0 Å². The van der Waals surface area contributed by atoms with Gasteiger partial charge in [0.25, 0.3) is 0 Å². The van der Waals surface area contributed by atoms with Crippen LogP contribution in [-0.2, 0) is 20.4 Å². The lowest BCUT2D eigenvalue weighted by atomic mass is 10.1. The fourth-order valence-electron chi connectivity index (χ4n) is 1.09. The van der Waals surface area contributed by atoms with E-state index < -0.39 is 0 Å². The molecule has 0 saturated heterocycles. The molecule has 0 aliphatic heterocycles. The molecule has 0 aromatic heterocycles. The molecule has 2 nitrogen and oxygen atoms in total. The third-order valence-electron chi connectivity index (χ3n) is 1.82. The van der Waals surface area contributed by atoms with E-state index in [2.05, 4.69) is 27.3 Å². The Bertz CT molecular complexity index is 297. The second-order valence-electron chi connectivity index (χ2n) is 2.66. The van der Waals surface area contributed by atoms with Crippen molar-refractivity contribution in [1.29, 1.82) is 0 Å². The van der Waals surface area contributed by atoms with E-state index in [4.69, 9.17) is 0 Å². The van der Waals surface area contributed by atoms with E-state index in [0.29, 0.717) is 6.42 Å². The molecule has 1 aromatic rings. The average Bonchev–Trinajstić information content (AvgIpc) is 2.18. The molecule has 0 spiro atoms. The van der Waals surface area contributed by atoms with Gasteiger partial charge >= 0.3 is 5.97 Å². The van der Waals surface area contributed by atoms with Crippen molar-refractivity contribution in [1.82, 2.24) is 0 Å². The highest BCUT2D eigenvalue weighted by Crippen LogP contribution is 2.13. The first-order valence-electron chi connectivity index (χ1n) is 3.97. The monoisotopic (exact) mass is 290 g/mol. The maximum absolute atomic E-state index is 11.0. The molecule has 1 aromatic carbocycles. The summed E-state index contributed by atoms with van der Waals surface area (Å²) in [6, 6.07) is 7.92. The van der Waals surface area contributed by atoms with Gasteiger partial charge in [-0.2, -0.15) is 0 Å². The second kappa shape index (κ2) is 5.21. The fraction of sp³-hybridized carbons (Fsp3) is 0.300. The smallest absolute Gasteiger partial charge is 0.309 e. The van der Waals surface area contributed by atoms with Crippen molar-refractivity contribution in [3.05, 3.63) is 35.4 Å². The zero-order valence-electron chi connectivity index (χ0n) is 7.42. The van der Waals surface area contributed by atoms with Crippen LogP contribution in [0.1, 0.15) is 11.1 Å². The molecule has 1 rings (SSSR count). The molecule has 0 fully saturated rings. The van der Waals surface area contributed by atoms with Crippen LogP contribution in [0.25, 0.3) is 0 Å². The van der Waals surface area contributed by atoms with Crippen LogP contribution >= 0.6 is 22.6 Å². The number of benzene rings is 1. The predicted octanol–water partition coefficient (Wildman–Crippen LogP) is 2.34. The van der Waals surface area contributed by atoms with Gasteiger partial charge in [0.1, 0.15) is 0 Å². The number of rotatable bonds is 3. The first-order valence-corrected chi connectivity index (χ1v) is 5.50. The Balaban J connectivity index is 2.81. The highest BCUT2D eigenvalue weighted by Gasteiger charge is 2.05. The van der Waals surface area contributed by atoms with Gasteiger partial charge in [-0.1, -0.05) is 46.9 Å². The van der Waals surface area contributed by atoms with Crippen molar-refractivity contribution in [2.75, 3.05) is 7.11 Å². The summed E-state index contributed by atoms with van der Waals surface area (Å²) in [7, 11) is 1.41. The SMILES string of the molecule is COC(=O)Cc1ccccc1CI. The summed E-state index contributed by atoms with van der Waals surface area (Å²) >= 11 is 2.29. The maximum Gasteiger partial charge on any atom is 0.309 e. The van der Waals surface area contributed by atoms with Crippen LogP contribution in [-0.4, -0.2) is 13.1 Å². The minimum Gasteiger partial charge on any atom is -0.469 e. The van der Waals surface area contributed by atoms with E-state index in [1.165, 1.54) is 12.7 Å². The molecule has 13 heavy (non-hydrogen) atoms. The molecule has 0 heterocycles. The first-order chi connectivity index (χ1) is 6.27. The summed E-state index contributed by atoms with van der Waals surface area (Å²) in [5.41, 5.74) is 2.26. The molecular formula is C10H11IO2. The molecule has 0 aliphatic rings. The minimum absolute atomic E-state index is 0.183. The fourth-order valence-corrected chi connectivity index (χ4v) is 1.83. The van der Waals surface area contributed by atoms with Crippen LogP contribution in [0.4, 0.5) is 0 Å². The summed E-state index contributed by atoms with van der Waals surface area (Å²) in [6.07, 6.45) is 0.371. The van der Waals surface area contributed by atoms with E-state index in [9.17, 15) is 4.79 Å². The van der Waals surface area contributed by atoms with Crippen LogP contribution < -0.4 is 0 Å². The predicted molar refractivity (Wildman–Crippen MR) is 59.9 cm³/mol. The molecule has 0 N–H and O–H groups in total. The van der Waals surface area contributed by atoms with Crippen molar-refractivity contribution in [2.24, 2.45) is 0 Å². The summed E-state index contributed by atoms with van der Waals surface area (Å²) in [5, 5.41) is 0. The molecule has 0 atom stereocenters. The zero-order valence-corrected chi connectivity index (χ0v) is 9.58. The van der Waals surface area contributed by atoms with E-state index in [0.717, 1.165) is 9.99 Å². The molecule has 70 valence electrons. The Labute approximate surface area is 91.4 Å². The number of hydrogen-bond acceptors (Lipinski definition) is 2. The molecule has 3 heteroatoms. The van der Waals surface area contributed by atoms with Crippen molar-refractivity contribution in [3.63, 3.8) is 0 Å². The molecule has 0 amide bonds. The summed E-state index contributed by atoms with van der Waals surface area (Å²) in [4.78, 5) is 11.0. The molecule has 0 radical (unpaired) electrons. The highest BCUT2D eigenvalue weighted by atomic mass is 127. The standard InChI is InChI=1S/C10H11IO2/c1-13-10(12)6-8-4-2-3-5-9(8)7-11/h2-5H,6-7H2,1H3. The van der Waals surface area contributed by atoms with Gasteiger partial charge in [0.2, 0.25) is 0 Å². The Kier molecular flexibility index (Phi) is 4.21. The summed E-state index contributed by atoms with van der Waals surface area (Å²) < 4.78 is 5.53. The average molecular weight is 290 g/mol. The van der Waals surface area contributed by atoms with E-state index in [-0.39, 0.29) is 5.97 Å². The molecule has 0 bridgehead atoms. The van der Waals surface area contributed by atoms with Gasteiger partial charge in [0.15, 0.2) is 0 Å². The topological polar surface area (TPSA) is 26.3 Å². The van der Waals surface area contributed by atoms with Gasteiger partial charge in [0.05, 0.1) is 13.5 Å². The van der Waals surface area contributed by atoms with E-state index >= 15 is 0 Å². The lowest BCUT2D eigenvalue weighted by Crippen LogP contribution is -2.06. The van der Waals surface area contributed by atoms with Gasteiger partial charge in [0, 0.05) is 4.43 Å². The Hall–Kier alpha value is -0.580. The maximum atomic E-state index is 11.0. The number of carbonyl (C=O) groups is 1. The normalized spacial score (nSPS) is 9.69. The van der Waals surface area contributed by atoms with Gasteiger partial charge in [-0.15, -0.1) is 0 Å². The Morgan fingerprint density at radius 2 is 2.00 bits per heavy atom. The van der Waals surface area contributed by atoms with Crippen LogP contribution in [0.5, 0.6) is 0 Å². The summed E-state index contributed by atoms with van der Waals surface area (Å²) in [6.45, 7) is 0. The quantitative estimate of drug-likeness (QED) is 0.485. The number of alkyl halides is 1. The highest BCUT2D eigenvalue weighted by molar-refractivity contribution is 14.1. The summed E-state index contributed by atoms with van der Waals surface area (Å²) in [5.74, 6) is -0.183. The third kappa shape index (κ3) is 2.99. The minimum atomic E-state index is -0.183. The van der Waals surface area contributed by atoms with Crippen molar-refractivity contribution < 1.29 is 9.53 Å². The molecule has 0 unspecified atom stereocenters. The lowest BCUT2D eigenvalue weighted by Gasteiger charge is -2.04.